The third kappa shape index (κ3) is 3.76. The van der Waals surface area contributed by atoms with E-state index in [1.54, 1.807) is 12.1 Å². The average molecular weight is 177 g/mol. The van der Waals surface area contributed by atoms with Gasteiger partial charge in [0, 0.05) is 6.54 Å². The number of hydrogen-bond acceptors (Lipinski definition) is 2. The van der Waals surface area contributed by atoms with Crippen LogP contribution in [-0.2, 0) is 6.42 Å². The van der Waals surface area contributed by atoms with Gasteiger partial charge in [0.1, 0.15) is 5.75 Å². The summed E-state index contributed by atoms with van der Waals surface area (Å²) in [4.78, 5) is 0. The lowest BCUT2D eigenvalue weighted by molar-refractivity contribution is 0.474. The summed E-state index contributed by atoms with van der Waals surface area (Å²) in [6, 6.07) is 7.32. The van der Waals surface area contributed by atoms with Crippen LogP contribution in [0.2, 0.25) is 0 Å². The topological polar surface area (TPSA) is 32.3 Å². The van der Waals surface area contributed by atoms with Crippen molar-refractivity contribution in [1.82, 2.24) is 5.32 Å². The molecule has 2 heteroatoms. The van der Waals surface area contributed by atoms with Crippen LogP contribution in [0.15, 0.2) is 36.4 Å². The van der Waals surface area contributed by atoms with Crippen LogP contribution in [0.4, 0.5) is 0 Å². The van der Waals surface area contributed by atoms with E-state index in [4.69, 9.17) is 0 Å². The van der Waals surface area contributed by atoms with E-state index < -0.39 is 0 Å². The van der Waals surface area contributed by atoms with Gasteiger partial charge in [0.25, 0.3) is 0 Å². The van der Waals surface area contributed by atoms with Crippen LogP contribution in [0.1, 0.15) is 5.56 Å². The Morgan fingerprint density at radius 2 is 2.23 bits per heavy atom. The predicted molar refractivity (Wildman–Crippen MR) is 54.9 cm³/mol. The Bertz CT molecular complexity index is 281. The number of aromatic hydroxyl groups is 1. The number of allylic oxidation sites excluding steroid dienone is 1. The first-order valence-corrected chi connectivity index (χ1v) is 4.40. The Hall–Kier alpha value is -1.28. The second kappa shape index (κ2) is 5.38. The highest BCUT2D eigenvalue weighted by Gasteiger charge is 1.90. The second-order valence-electron chi connectivity index (χ2n) is 2.90. The first-order chi connectivity index (χ1) is 6.33. The molecular formula is C11H15NO. The van der Waals surface area contributed by atoms with Crippen LogP contribution in [-0.4, -0.2) is 18.7 Å². The van der Waals surface area contributed by atoms with Gasteiger partial charge >= 0.3 is 0 Å². The molecule has 0 aromatic heterocycles. The van der Waals surface area contributed by atoms with Crippen molar-refractivity contribution in [2.24, 2.45) is 0 Å². The van der Waals surface area contributed by atoms with Crippen molar-refractivity contribution < 1.29 is 5.11 Å². The summed E-state index contributed by atoms with van der Waals surface area (Å²) in [5, 5.41) is 12.2. The number of rotatable bonds is 4. The summed E-state index contributed by atoms with van der Waals surface area (Å²) < 4.78 is 0. The third-order valence-electron chi connectivity index (χ3n) is 1.75. The van der Waals surface area contributed by atoms with Gasteiger partial charge in [0.15, 0.2) is 0 Å². The van der Waals surface area contributed by atoms with Gasteiger partial charge in [-0.25, -0.2) is 0 Å². The molecule has 0 heterocycles. The zero-order valence-corrected chi connectivity index (χ0v) is 7.83. The number of likely N-dealkylation sites (N-methyl/N-ethyl adjacent to an activating group) is 1. The molecule has 0 saturated heterocycles. The number of nitrogens with one attached hydrogen (secondary N) is 1. The van der Waals surface area contributed by atoms with E-state index in [-0.39, 0.29) is 0 Å². The minimum Gasteiger partial charge on any atom is -0.508 e. The normalized spacial score (nSPS) is 10.8. The van der Waals surface area contributed by atoms with Crippen molar-refractivity contribution in [3.8, 4) is 5.75 Å². The van der Waals surface area contributed by atoms with Gasteiger partial charge in [-0.2, -0.15) is 0 Å². The molecule has 1 aromatic rings. The molecule has 0 aliphatic carbocycles. The number of phenols is 1. The Balaban J connectivity index is 2.45. The smallest absolute Gasteiger partial charge is 0.115 e. The van der Waals surface area contributed by atoms with E-state index in [0.717, 1.165) is 18.5 Å². The molecule has 0 bridgehead atoms. The van der Waals surface area contributed by atoms with Gasteiger partial charge in [-0.1, -0.05) is 24.3 Å². The van der Waals surface area contributed by atoms with Gasteiger partial charge in [-0.3, -0.25) is 0 Å². The molecule has 1 aromatic carbocycles. The molecule has 0 atom stereocenters. The highest BCUT2D eigenvalue weighted by atomic mass is 16.3. The van der Waals surface area contributed by atoms with Gasteiger partial charge in [-0.05, 0) is 31.2 Å². The first kappa shape index (κ1) is 9.81. The van der Waals surface area contributed by atoms with Crippen molar-refractivity contribution in [3.05, 3.63) is 42.0 Å². The van der Waals surface area contributed by atoms with E-state index in [0.29, 0.717) is 5.75 Å². The summed E-state index contributed by atoms with van der Waals surface area (Å²) in [5.74, 6) is 0.333. The Labute approximate surface area is 78.9 Å². The molecule has 0 radical (unpaired) electrons. The minimum atomic E-state index is 0.333. The van der Waals surface area contributed by atoms with E-state index in [2.05, 4.69) is 17.5 Å². The Morgan fingerprint density at radius 1 is 1.38 bits per heavy atom. The molecule has 13 heavy (non-hydrogen) atoms. The summed E-state index contributed by atoms with van der Waals surface area (Å²) >= 11 is 0. The maximum Gasteiger partial charge on any atom is 0.115 e. The molecule has 0 unspecified atom stereocenters. The molecule has 2 N–H and O–H groups in total. The maximum atomic E-state index is 9.18. The summed E-state index contributed by atoms with van der Waals surface area (Å²) in [6.07, 6.45) is 5.03. The maximum absolute atomic E-state index is 9.18. The van der Waals surface area contributed by atoms with Crippen LogP contribution in [0.3, 0.4) is 0 Å². The van der Waals surface area contributed by atoms with Crippen molar-refractivity contribution in [3.63, 3.8) is 0 Å². The van der Waals surface area contributed by atoms with Crippen molar-refractivity contribution in [1.29, 1.82) is 0 Å². The second-order valence-corrected chi connectivity index (χ2v) is 2.90. The molecule has 1 rings (SSSR count). The summed E-state index contributed by atoms with van der Waals surface area (Å²) in [5.41, 5.74) is 1.13. The fourth-order valence-corrected chi connectivity index (χ4v) is 1.10. The molecule has 0 saturated carbocycles. The summed E-state index contributed by atoms with van der Waals surface area (Å²) in [7, 11) is 1.92. The molecule has 0 spiro atoms. The van der Waals surface area contributed by atoms with Crippen LogP contribution in [0.25, 0.3) is 0 Å². The lowest BCUT2D eigenvalue weighted by atomic mass is 10.1. The highest BCUT2D eigenvalue weighted by molar-refractivity contribution is 5.28. The van der Waals surface area contributed by atoms with Gasteiger partial charge < -0.3 is 10.4 Å². The molecule has 2 nitrogen and oxygen atoms in total. The fraction of sp³-hybridized carbons (Fsp3) is 0.273. The molecule has 0 aliphatic heterocycles. The number of phenolic OH excluding ortho intramolecular Hbond substituents is 1. The highest BCUT2D eigenvalue weighted by Crippen LogP contribution is 2.11. The Kier molecular flexibility index (Phi) is 4.06. The summed E-state index contributed by atoms with van der Waals surface area (Å²) in [6.45, 7) is 0.888. The zero-order valence-electron chi connectivity index (χ0n) is 7.83. The van der Waals surface area contributed by atoms with Gasteiger partial charge in [0.2, 0.25) is 0 Å². The quantitative estimate of drug-likeness (QED) is 0.686. The van der Waals surface area contributed by atoms with Crippen molar-refractivity contribution >= 4 is 0 Å². The van der Waals surface area contributed by atoms with Crippen molar-refractivity contribution in [2.45, 2.75) is 6.42 Å². The van der Waals surface area contributed by atoms with E-state index in [9.17, 15) is 5.11 Å². The minimum absolute atomic E-state index is 0.333. The van der Waals surface area contributed by atoms with Crippen molar-refractivity contribution in [2.75, 3.05) is 13.6 Å². The number of benzene rings is 1. The number of hydrogen-bond donors (Lipinski definition) is 2. The average Bonchev–Trinajstić information content (AvgIpc) is 2.13. The molecular weight excluding hydrogens is 162 g/mol. The lowest BCUT2D eigenvalue weighted by Gasteiger charge is -1.96. The molecule has 0 aliphatic rings. The lowest BCUT2D eigenvalue weighted by Crippen LogP contribution is -2.03. The Morgan fingerprint density at radius 3 is 2.92 bits per heavy atom. The predicted octanol–water partition coefficient (Wildman–Crippen LogP) is 1.71. The van der Waals surface area contributed by atoms with Crippen LogP contribution in [0, 0.1) is 0 Å². The largest absolute Gasteiger partial charge is 0.508 e. The molecule has 0 amide bonds. The monoisotopic (exact) mass is 177 g/mol. The third-order valence-corrected chi connectivity index (χ3v) is 1.75. The van der Waals surface area contributed by atoms with E-state index >= 15 is 0 Å². The fourth-order valence-electron chi connectivity index (χ4n) is 1.10. The van der Waals surface area contributed by atoms with Crippen LogP contribution < -0.4 is 5.32 Å². The van der Waals surface area contributed by atoms with Crippen LogP contribution in [0.5, 0.6) is 5.75 Å². The van der Waals surface area contributed by atoms with E-state index in [1.165, 1.54) is 0 Å². The van der Waals surface area contributed by atoms with Crippen LogP contribution >= 0.6 is 0 Å². The van der Waals surface area contributed by atoms with Gasteiger partial charge in [0.05, 0.1) is 0 Å². The first-order valence-electron chi connectivity index (χ1n) is 4.40. The van der Waals surface area contributed by atoms with E-state index in [1.807, 2.05) is 19.2 Å². The standard InChI is InChI=1S/C11H15NO/c1-12-8-3-2-5-10-6-4-7-11(13)9-10/h2-4,6-7,9,12-13H,5,8H2,1H3/b3-2-. The SMILES string of the molecule is CNC/C=C\Cc1cccc(O)c1. The zero-order chi connectivity index (χ0) is 9.52. The van der Waals surface area contributed by atoms with Gasteiger partial charge in [-0.15, -0.1) is 0 Å². The molecule has 70 valence electrons. The molecule has 0 fully saturated rings.